The van der Waals surface area contributed by atoms with Crippen LogP contribution in [0.2, 0.25) is 0 Å². The first kappa shape index (κ1) is 18.2. The molecule has 0 aliphatic carbocycles. The zero-order valence-corrected chi connectivity index (χ0v) is 13.7. The van der Waals surface area contributed by atoms with Gasteiger partial charge in [-0.3, -0.25) is 4.79 Å². The number of benzene rings is 1. The van der Waals surface area contributed by atoms with Crippen molar-refractivity contribution in [3.63, 3.8) is 0 Å². The molecule has 7 heteroatoms. The summed E-state index contributed by atoms with van der Waals surface area (Å²) in [7, 11) is -3.33. The molecule has 0 aromatic heterocycles. The lowest BCUT2D eigenvalue weighted by Gasteiger charge is -2.12. The summed E-state index contributed by atoms with van der Waals surface area (Å²) >= 11 is 0. The average Bonchev–Trinajstić information content (AvgIpc) is 2.44. The summed E-state index contributed by atoms with van der Waals surface area (Å²) in [5.41, 5.74) is 0.625. The third kappa shape index (κ3) is 4.56. The summed E-state index contributed by atoms with van der Waals surface area (Å²) in [6, 6.07) is 5.15. The highest BCUT2D eigenvalue weighted by molar-refractivity contribution is 7.92. The summed E-state index contributed by atoms with van der Waals surface area (Å²) in [6.07, 6.45) is 0.304. The van der Waals surface area contributed by atoms with Gasteiger partial charge < -0.3 is 10.4 Å². The van der Waals surface area contributed by atoms with Gasteiger partial charge in [-0.1, -0.05) is 19.1 Å². The van der Waals surface area contributed by atoms with Crippen molar-refractivity contribution in [1.29, 1.82) is 0 Å². The Kier molecular flexibility index (Phi) is 6.11. The van der Waals surface area contributed by atoms with Gasteiger partial charge in [0.25, 0.3) is 0 Å². The van der Waals surface area contributed by atoms with Crippen LogP contribution in [0.4, 0.5) is 0 Å². The molecule has 122 valence electrons. The van der Waals surface area contributed by atoms with E-state index in [0.29, 0.717) is 12.0 Å². The van der Waals surface area contributed by atoms with Gasteiger partial charge in [0, 0.05) is 0 Å². The maximum atomic E-state index is 12.0. The second-order valence-electron chi connectivity index (χ2n) is 5.28. The van der Waals surface area contributed by atoms with Crippen molar-refractivity contribution in [3.8, 4) is 0 Å². The summed E-state index contributed by atoms with van der Waals surface area (Å²) in [5, 5.41) is 10.8. The Bertz CT molecular complexity index is 634. The van der Waals surface area contributed by atoms with Crippen LogP contribution in [0.5, 0.6) is 0 Å². The number of carbonyl (C=O) groups excluding carboxylic acids is 1. The van der Waals surface area contributed by atoms with E-state index in [9.17, 15) is 18.0 Å². The molecule has 1 aromatic rings. The minimum atomic E-state index is -3.33. The van der Waals surface area contributed by atoms with Crippen molar-refractivity contribution in [2.75, 3.05) is 0 Å². The minimum Gasteiger partial charge on any atom is -0.480 e. The molecule has 0 saturated heterocycles. The highest BCUT2D eigenvalue weighted by Gasteiger charge is 2.20. The van der Waals surface area contributed by atoms with Crippen LogP contribution in [0.15, 0.2) is 29.2 Å². The van der Waals surface area contributed by atoms with Gasteiger partial charge in [-0.15, -0.1) is 0 Å². The van der Waals surface area contributed by atoms with Gasteiger partial charge in [-0.2, -0.15) is 0 Å². The number of carbonyl (C=O) groups is 2. The summed E-state index contributed by atoms with van der Waals surface area (Å²) < 4.78 is 24.0. The normalized spacial score (nSPS) is 12.9. The maximum Gasteiger partial charge on any atom is 0.326 e. The number of rotatable bonds is 7. The Morgan fingerprint density at radius 3 is 2.14 bits per heavy atom. The first-order valence-corrected chi connectivity index (χ1v) is 8.58. The molecule has 1 rings (SSSR count). The van der Waals surface area contributed by atoms with Gasteiger partial charge in [-0.25, -0.2) is 13.2 Å². The molecule has 0 heterocycles. The molecule has 1 amide bonds. The Morgan fingerprint density at radius 1 is 1.18 bits per heavy atom. The number of aliphatic carboxylic acids is 1. The largest absolute Gasteiger partial charge is 0.480 e. The zero-order chi connectivity index (χ0) is 16.9. The molecule has 22 heavy (non-hydrogen) atoms. The van der Waals surface area contributed by atoms with Crippen LogP contribution in [0.1, 0.15) is 32.8 Å². The molecule has 0 bridgehead atoms. The molecule has 1 unspecified atom stereocenters. The number of carboxylic acids is 1. The van der Waals surface area contributed by atoms with Crippen LogP contribution >= 0.6 is 0 Å². The highest BCUT2D eigenvalue weighted by Crippen LogP contribution is 2.16. The smallest absolute Gasteiger partial charge is 0.326 e. The molecule has 0 aliphatic rings. The lowest BCUT2D eigenvalue weighted by molar-refractivity contribution is -0.141. The fourth-order valence-electron chi connectivity index (χ4n) is 1.84. The molecule has 1 atom stereocenters. The van der Waals surface area contributed by atoms with Crippen molar-refractivity contribution in [1.82, 2.24) is 5.32 Å². The molecule has 1 aromatic carbocycles. The third-order valence-corrected chi connectivity index (χ3v) is 5.45. The molecule has 0 aliphatic heterocycles. The van der Waals surface area contributed by atoms with E-state index in [0.717, 1.165) is 0 Å². The molecular weight excluding hydrogens is 306 g/mol. The molecular formula is C15H21NO5S. The fourth-order valence-corrected chi connectivity index (χ4v) is 2.90. The number of hydrogen-bond donors (Lipinski definition) is 2. The van der Waals surface area contributed by atoms with Gasteiger partial charge in [0.2, 0.25) is 5.91 Å². The Labute approximate surface area is 130 Å². The van der Waals surface area contributed by atoms with Crippen molar-refractivity contribution < 1.29 is 23.1 Å². The fraction of sp³-hybridized carbons (Fsp3) is 0.467. The monoisotopic (exact) mass is 327 g/mol. The standard InChI is InChI=1S/C15H21NO5S/c1-4-13(15(18)19)16-14(17)9-11-5-7-12(8-6-11)22(20,21)10(2)3/h5-8,10,13H,4,9H2,1-3H3,(H,16,17)(H,18,19). The van der Waals surface area contributed by atoms with Gasteiger partial charge >= 0.3 is 5.97 Å². The molecule has 6 nitrogen and oxygen atoms in total. The quantitative estimate of drug-likeness (QED) is 0.788. The predicted molar refractivity (Wildman–Crippen MR) is 82.3 cm³/mol. The number of sulfone groups is 1. The van der Waals surface area contributed by atoms with Gasteiger partial charge in [-0.05, 0) is 38.0 Å². The first-order valence-electron chi connectivity index (χ1n) is 7.03. The van der Waals surface area contributed by atoms with Gasteiger partial charge in [0.05, 0.1) is 16.6 Å². The maximum absolute atomic E-state index is 12.0. The summed E-state index contributed by atoms with van der Waals surface area (Å²) in [4.78, 5) is 22.9. The SMILES string of the molecule is CCC(NC(=O)Cc1ccc(S(=O)(=O)C(C)C)cc1)C(=O)O. The topological polar surface area (TPSA) is 101 Å². The van der Waals surface area contributed by atoms with E-state index in [-0.39, 0.29) is 11.3 Å². The van der Waals surface area contributed by atoms with Crippen LogP contribution in [0.25, 0.3) is 0 Å². The Morgan fingerprint density at radius 2 is 1.73 bits per heavy atom. The molecule has 0 saturated carbocycles. The number of amides is 1. The molecule has 2 N–H and O–H groups in total. The summed E-state index contributed by atoms with van der Waals surface area (Å²) in [5.74, 6) is -1.48. The van der Waals surface area contributed by atoms with Crippen molar-refractivity contribution in [2.24, 2.45) is 0 Å². The average molecular weight is 327 g/mol. The van der Waals surface area contributed by atoms with E-state index in [2.05, 4.69) is 5.32 Å². The Hall–Kier alpha value is -1.89. The Balaban J connectivity index is 2.77. The van der Waals surface area contributed by atoms with Gasteiger partial charge in [0.1, 0.15) is 6.04 Å². The van der Waals surface area contributed by atoms with E-state index in [1.54, 1.807) is 32.9 Å². The van der Waals surface area contributed by atoms with E-state index in [4.69, 9.17) is 5.11 Å². The molecule has 0 fully saturated rings. The number of hydrogen-bond acceptors (Lipinski definition) is 4. The van der Waals surface area contributed by atoms with Crippen LogP contribution in [0, 0.1) is 0 Å². The second-order valence-corrected chi connectivity index (χ2v) is 7.79. The van der Waals surface area contributed by atoms with E-state index in [1.807, 2.05) is 0 Å². The van der Waals surface area contributed by atoms with Crippen LogP contribution in [-0.2, 0) is 25.8 Å². The minimum absolute atomic E-state index is 0.00574. The van der Waals surface area contributed by atoms with Crippen molar-refractivity contribution >= 4 is 21.7 Å². The van der Waals surface area contributed by atoms with E-state index >= 15 is 0 Å². The lowest BCUT2D eigenvalue weighted by atomic mass is 10.1. The van der Waals surface area contributed by atoms with Crippen LogP contribution in [0.3, 0.4) is 0 Å². The van der Waals surface area contributed by atoms with E-state index in [1.165, 1.54) is 12.1 Å². The predicted octanol–water partition coefficient (Wildman–Crippen LogP) is 1.39. The number of carboxylic acid groups (broad SMARTS) is 1. The number of nitrogens with one attached hydrogen (secondary N) is 1. The first-order chi connectivity index (χ1) is 10.2. The van der Waals surface area contributed by atoms with Crippen molar-refractivity contribution in [2.45, 2.75) is 49.8 Å². The lowest BCUT2D eigenvalue weighted by Crippen LogP contribution is -2.40. The van der Waals surface area contributed by atoms with Crippen LogP contribution in [-0.4, -0.2) is 36.7 Å². The second kappa shape index (κ2) is 7.40. The molecule has 0 radical (unpaired) electrons. The zero-order valence-electron chi connectivity index (χ0n) is 12.9. The van der Waals surface area contributed by atoms with Crippen molar-refractivity contribution in [3.05, 3.63) is 29.8 Å². The molecule has 0 spiro atoms. The van der Waals surface area contributed by atoms with Gasteiger partial charge in [0.15, 0.2) is 9.84 Å². The third-order valence-electron chi connectivity index (χ3n) is 3.28. The summed E-state index contributed by atoms with van der Waals surface area (Å²) in [6.45, 7) is 4.88. The van der Waals surface area contributed by atoms with E-state index < -0.39 is 33.0 Å². The van der Waals surface area contributed by atoms with Crippen LogP contribution < -0.4 is 5.32 Å². The highest BCUT2D eigenvalue weighted by atomic mass is 32.2.